The van der Waals surface area contributed by atoms with Gasteiger partial charge in [0.2, 0.25) is 0 Å². The Morgan fingerprint density at radius 3 is 0.900 bits per heavy atom. The molecule has 3 N–H and O–H groups in total. The molecule has 0 aliphatic rings. The first-order chi connectivity index (χ1) is 2.00. The largest absolute Gasteiger partial charge is 1.00 e. The molecule has 42 valence electrons. The molecule has 0 rings (SSSR count). The number of rotatable bonds is 0. The smallest absolute Gasteiger partial charge is 1.00 e. The van der Waals surface area contributed by atoms with E-state index in [4.69, 9.17) is 19.2 Å². The van der Waals surface area contributed by atoms with Gasteiger partial charge in [0.1, 0.15) is 0 Å². The average Bonchev–Trinajstić information content (AvgIpc) is 0.722. The average molecular weight is 250 g/mol. The van der Waals surface area contributed by atoms with Crippen LogP contribution in [0.25, 0.3) is 0 Å². The standard InChI is InChI=1S/2K.3Na.H3O4P.5H/c;;;;;1-5(2,3)4;;;;;/h;;;;;(H3,1,2,3,4);;;;;/q5*+1;;5*-1. The van der Waals surface area contributed by atoms with E-state index in [0.717, 1.165) is 0 Å². The zero-order valence-electron chi connectivity index (χ0n) is 12.2. The molecule has 0 aliphatic carbocycles. The van der Waals surface area contributed by atoms with Gasteiger partial charge in [0.05, 0.1) is 0 Å². The molecule has 0 fully saturated rings. The third kappa shape index (κ3) is 63.2. The molecule has 0 aromatic rings. The Kier molecular flexibility index (Phi) is 74.6. The van der Waals surface area contributed by atoms with Crippen LogP contribution >= 0.6 is 7.82 Å². The summed E-state index contributed by atoms with van der Waals surface area (Å²) >= 11 is 0. The van der Waals surface area contributed by atoms with Crippen LogP contribution in [0.2, 0.25) is 0 Å². The molecule has 0 heterocycles. The first kappa shape index (κ1) is 36.0. The fraction of sp³-hybridized carbons (Fsp3) is 0. The molecule has 4 nitrogen and oxygen atoms in total. The summed E-state index contributed by atoms with van der Waals surface area (Å²) in [5.74, 6) is 0. The van der Waals surface area contributed by atoms with E-state index >= 15 is 0 Å². The van der Waals surface area contributed by atoms with Crippen molar-refractivity contribution in [2.45, 2.75) is 0 Å². The Hall–Kier alpha value is 6.38. The van der Waals surface area contributed by atoms with Crippen molar-refractivity contribution in [2.75, 3.05) is 0 Å². The quantitative estimate of drug-likeness (QED) is 0.295. The van der Waals surface area contributed by atoms with Crippen LogP contribution in [0.15, 0.2) is 0 Å². The van der Waals surface area contributed by atoms with Crippen LogP contribution in [0.4, 0.5) is 0 Å². The van der Waals surface area contributed by atoms with Gasteiger partial charge in [0, 0.05) is 0 Å². The van der Waals surface area contributed by atoms with Crippen molar-refractivity contribution in [3.05, 3.63) is 0 Å². The zero-order chi connectivity index (χ0) is 4.50. The van der Waals surface area contributed by atoms with Crippen LogP contribution in [0, 0.1) is 0 Å². The van der Waals surface area contributed by atoms with Gasteiger partial charge in [0.25, 0.3) is 0 Å². The molecule has 0 saturated carbocycles. The molecule has 0 spiro atoms. The molecule has 0 aliphatic heterocycles. The Labute approximate surface area is 219 Å². The fourth-order valence-electron chi connectivity index (χ4n) is 0. The third-order valence-corrected chi connectivity index (χ3v) is 0. The molecule has 0 radical (unpaired) electrons. The van der Waals surface area contributed by atoms with Crippen LogP contribution in [0.1, 0.15) is 7.13 Å². The molecule has 0 aromatic heterocycles. The SMILES string of the molecule is O=P(O)(O)O.[H-].[H-].[H-].[H-].[H-].[K+].[K+].[Na+].[Na+].[Na+]. The van der Waals surface area contributed by atoms with Gasteiger partial charge in [-0.15, -0.1) is 0 Å². The van der Waals surface area contributed by atoms with Gasteiger partial charge in [0.15, 0.2) is 0 Å². The second kappa shape index (κ2) is 20.8. The van der Waals surface area contributed by atoms with Crippen LogP contribution in [0.3, 0.4) is 0 Å². The third-order valence-electron chi connectivity index (χ3n) is 0. The molecule has 0 unspecified atom stereocenters. The first-order valence-electron chi connectivity index (χ1n) is 0.783. The van der Waals surface area contributed by atoms with E-state index in [1.807, 2.05) is 0 Å². The molecule has 0 saturated heterocycles. The Morgan fingerprint density at radius 2 is 0.900 bits per heavy atom. The summed E-state index contributed by atoms with van der Waals surface area (Å²) in [7, 11) is -4.64. The minimum absolute atomic E-state index is 0. The van der Waals surface area contributed by atoms with Crippen molar-refractivity contribution in [3.8, 4) is 0 Å². The summed E-state index contributed by atoms with van der Waals surface area (Å²) in [5.41, 5.74) is 0. The van der Waals surface area contributed by atoms with Gasteiger partial charge < -0.3 is 21.8 Å². The minimum atomic E-state index is -4.64. The van der Waals surface area contributed by atoms with Crippen LogP contribution in [-0.4, -0.2) is 14.7 Å². The van der Waals surface area contributed by atoms with Crippen molar-refractivity contribution in [1.29, 1.82) is 0 Å². The number of phosphoric acid groups is 1. The Morgan fingerprint density at radius 1 is 0.900 bits per heavy atom. The molecule has 10 heteroatoms. The maximum absolute atomic E-state index is 8.88. The van der Waals surface area contributed by atoms with E-state index in [0.29, 0.717) is 0 Å². The van der Waals surface area contributed by atoms with Gasteiger partial charge >= 0.3 is 199 Å². The Bertz CT molecular complexity index is 78.4. The summed E-state index contributed by atoms with van der Waals surface area (Å²) in [5, 5.41) is 0. The molecule has 0 aromatic carbocycles. The summed E-state index contributed by atoms with van der Waals surface area (Å²) < 4.78 is 8.88. The van der Waals surface area contributed by atoms with Crippen molar-refractivity contribution < 1.29 is 218 Å². The topological polar surface area (TPSA) is 77.8 Å². The summed E-state index contributed by atoms with van der Waals surface area (Å²) in [6, 6.07) is 0. The Balaban J connectivity index is -0.00000000178. The predicted molar refractivity (Wildman–Crippen MR) is 19.8 cm³/mol. The van der Waals surface area contributed by atoms with Gasteiger partial charge in [-0.25, -0.2) is 4.57 Å². The van der Waals surface area contributed by atoms with E-state index in [1.54, 1.807) is 0 Å². The van der Waals surface area contributed by atoms with Gasteiger partial charge in [-0.1, -0.05) is 0 Å². The second-order valence-electron chi connectivity index (χ2n) is 0.513. The molecular weight excluding hydrogens is 242 g/mol. The maximum atomic E-state index is 8.88. The van der Waals surface area contributed by atoms with E-state index in [-0.39, 0.29) is 199 Å². The predicted octanol–water partition coefficient (Wildman–Crippen LogP) is -15.3. The minimum Gasteiger partial charge on any atom is -1.00 e. The molecule has 10 heavy (non-hydrogen) atoms. The monoisotopic (exact) mass is 250 g/mol. The molecular formula is H8K2Na3O4P. The van der Waals surface area contributed by atoms with E-state index in [2.05, 4.69) is 0 Å². The summed E-state index contributed by atoms with van der Waals surface area (Å²) in [6.07, 6.45) is 0. The normalized spacial score (nSPS) is 5.90. The van der Waals surface area contributed by atoms with E-state index in [9.17, 15) is 0 Å². The second-order valence-corrected chi connectivity index (χ2v) is 1.54. The number of hydrogen-bond donors (Lipinski definition) is 3. The first-order valence-corrected chi connectivity index (χ1v) is 2.35. The van der Waals surface area contributed by atoms with Crippen LogP contribution in [-0.2, 0) is 4.57 Å². The number of hydrogen-bond acceptors (Lipinski definition) is 1. The van der Waals surface area contributed by atoms with Crippen molar-refractivity contribution in [3.63, 3.8) is 0 Å². The molecule has 0 bridgehead atoms. The van der Waals surface area contributed by atoms with Gasteiger partial charge in [-0.3, -0.25) is 0 Å². The van der Waals surface area contributed by atoms with Crippen molar-refractivity contribution in [2.24, 2.45) is 0 Å². The summed E-state index contributed by atoms with van der Waals surface area (Å²) in [4.78, 5) is 21.6. The van der Waals surface area contributed by atoms with E-state index in [1.165, 1.54) is 0 Å². The van der Waals surface area contributed by atoms with Crippen LogP contribution < -0.4 is 191 Å². The molecule has 0 atom stereocenters. The maximum Gasteiger partial charge on any atom is 1.00 e. The van der Waals surface area contributed by atoms with Crippen LogP contribution in [0.5, 0.6) is 0 Å². The summed E-state index contributed by atoms with van der Waals surface area (Å²) in [6.45, 7) is 0. The van der Waals surface area contributed by atoms with Gasteiger partial charge in [-0.05, 0) is 0 Å². The van der Waals surface area contributed by atoms with Crippen molar-refractivity contribution in [1.82, 2.24) is 0 Å². The van der Waals surface area contributed by atoms with Crippen molar-refractivity contribution >= 4 is 7.82 Å². The fourth-order valence-corrected chi connectivity index (χ4v) is 0. The van der Waals surface area contributed by atoms with Gasteiger partial charge in [-0.2, -0.15) is 0 Å². The zero-order valence-corrected chi connectivity index (χ0v) is 20.3. The van der Waals surface area contributed by atoms with E-state index < -0.39 is 7.82 Å². The molecule has 0 amide bonds.